The van der Waals surface area contributed by atoms with Crippen LogP contribution in [0, 0.1) is 0 Å². The molecule has 0 aromatic heterocycles. The lowest BCUT2D eigenvalue weighted by Crippen LogP contribution is -2.29. The molecule has 1 atom stereocenters. The predicted octanol–water partition coefficient (Wildman–Crippen LogP) is 5.82. The number of aliphatic hydroxyl groups is 1. The molecule has 1 aliphatic heterocycles. The molecule has 4 rings (SSSR count). The molecule has 180 valence electrons. The van der Waals surface area contributed by atoms with E-state index in [1.165, 1.54) is 12.0 Å². The zero-order chi connectivity index (χ0) is 25.1. The molecular weight excluding hydrogens is 464 g/mol. The van der Waals surface area contributed by atoms with Gasteiger partial charge in [0.15, 0.2) is 0 Å². The normalized spacial score (nSPS) is 17.0. The second-order valence-corrected chi connectivity index (χ2v) is 8.58. The van der Waals surface area contributed by atoms with Gasteiger partial charge in [-0.15, -0.1) is 0 Å². The smallest absolute Gasteiger partial charge is 0.300 e. The minimum Gasteiger partial charge on any atom is -0.507 e. The topological polar surface area (TPSA) is 70.1 Å². The van der Waals surface area contributed by atoms with Crippen LogP contribution in [0.4, 0.5) is 11.4 Å². The quantitative estimate of drug-likeness (QED) is 0.257. The molecular formula is C28H27ClN2O4. The van der Waals surface area contributed by atoms with Gasteiger partial charge in [0.2, 0.25) is 0 Å². The number of nitrogens with zero attached hydrogens (tertiary/aromatic N) is 2. The number of rotatable bonds is 7. The Labute approximate surface area is 210 Å². The van der Waals surface area contributed by atoms with Crippen LogP contribution in [0.15, 0.2) is 78.4 Å². The highest BCUT2D eigenvalue weighted by Crippen LogP contribution is 2.43. The molecule has 1 fully saturated rings. The number of benzene rings is 3. The summed E-state index contributed by atoms with van der Waals surface area (Å²) in [6, 6.07) is 20.4. The molecule has 1 N–H and O–H groups in total. The van der Waals surface area contributed by atoms with Crippen molar-refractivity contribution < 1.29 is 19.4 Å². The van der Waals surface area contributed by atoms with Gasteiger partial charge in [-0.1, -0.05) is 35.9 Å². The lowest BCUT2D eigenvalue weighted by Gasteiger charge is -2.27. The number of amides is 1. The first kappa shape index (κ1) is 24.4. The van der Waals surface area contributed by atoms with Crippen molar-refractivity contribution in [3.05, 3.63) is 94.5 Å². The van der Waals surface area contributed by atoms with Crippen molar-refractivity contribution in [2.75, 3.05) is 30.0 Å². The van der Waals surface area contributed by atoms with Crippen LogP contribution in [0.2, 0.25) is 5.02 Å². The Hall–Kier alpha value is -3.77. The molecule has 0 saturated carbocycles. The lowest BCUT2D eigenvalue weighted by molar-refractivity contribution is -0.132. The van der Waals surface area contributed by atoms with Crippen LogP contribution in [0.5, 0.6) is 5.75 Å². The van der Waals surface area contributed by atoms with Gasteiger partial charge in [-0.25, -0.2) is 0 Å². The molecule has 1 saturated heterocycles. The number of Topliss-reactive ketones (excluding diaryl/α,β-unsaturated/α-hetero) is 1. The van der Waals surface area contributed by atoms with Crippen molar-refractivity contribution in [2.24, 2.45) is 0 Å². The number of carbonyl (C=O) groups is 2. The third kappa shape index (κ3) is 4.62. The minimum atomic E-state index is -0.812. The second kappa shape index (κ2) is 10.2. The Morgan fingerprint density at radius 3 is 2.26 bits per heavy atom. The van der Waals surface area contributed by atoms with E-state index in [-0.39, 0.29) is 11.3 Å². The van der Waals surface area contributed by atoms with Gasteiger partial charge in [-0.05, 0) is 67.9 Å². The van der Waals surface area contributed by atoms with E-state index in [4.69, 9.17) is 16.3 Å². The fourth-order valence-electron chi connectivity index (χ4n) is 4.40. The van der Waals surface area contributed by atoms with Gasteiger partial charge < -0.3 is 14.7 Å². The van der Waals surface area contributed by atoms with Crippen LogP contribution < -0.4 is 14.5 Å². The summed E-state index contributed by atoms with van der Waals surface area (Å²) < 4.78 is 5.27. The van der Waals surface area contributed by atoms with Gasteiger partial charge in [0.25, 0.3) is 11.7 Å². The Morgan fingerprint density at radius 2 is 1.66 bits per heavy atom. The first-order valence-electron chi connectivity index (χ1n) is 11.5. The average Bonchev–Trinajstić information content (AvgIpc) is 3.15. The van der Waals surface area contributed by atoms with Crippen molar-refractivity contribution in [2.45, 2.75) is 19.9 Å². The summed E-state index contributed by atoms with van der Waals surface area (Å²) in [6.07, 6.45) is 0. The Morgan fingerprint density at radius 1 is 1.00 bits per heavy atom. The predicted molar refractivity (Wildman–Crippen MR) is 139 cm³/mol. The molecule has 3 aromatic rings. The Kier molecular flexibility index (Phi) is 7.12. The third-order valence-electron chi connectivity index (χ3n) is 6.23. The second-order valence-electron chi connectivity index (χ2n) is 8.14. The van der Waals surface area contributed by atoms with E-state index < -0.39 is 17.7 Å². The van der Waals surface area contributed by atoms with Crippen LogP contribution in [-0.2, 0) is 9.59 Å². The standard InChI is InChI=1S/C28H27ClN2O4/c1-4-30(5-2)21-13-9-18(10-14-21)25-24(26(32)19-7-6-8-23(17-19)35-3)27(33)28(34)31(25)22-15-11-20(29)12-16-22/h6-17,25,32H,4-5H2,1-3H3/b26-24-. The first-order chi connectivity index (χ1) is 16.9. The maximum absolute atomic E-state index is 13.3. The molecule has 1 aliphatic rings. The summed E-state index contributed by atoms with van der Waals surface area (Å²) in [5, 5.41) is 11.8. The molecule has 1 heterocycles. The number of ether oxygens (including phenoxy) is 1. The fourth-order valence-corrected chi connectivity index (χ4v) is 4.52. The molecule has 0 bridgehead atoms. The van der Waals surface area contributed by atoms with Crippen LogP contribution in [-0.4, -0.2) is 37.0 Å². The molecule has 0 aliphatic carbocycles. The van der Waals surface area contributed by atoms with Crippen LogP contribution in [0.1, 0.15) is 31.0 Å². The number of hydrogen-bond acceptors (Lipinski definition) is 5. The highest BCUT2D eigenvalue weighted by molar-refractivity contribution is 6.51. The van der Waals surface area contributed by atoms with E-state index in [9.17, 15) is 14.7 Å². The number of hydrogen-bond donors (Lipinski definition) is 1. The van der Waals surface area contributed by atoms with E-state index in [2.05, 4.69) is 18.7 Å². The number of ketones is 1. The highest BCUT2D eigenvalue weighted by Gasteiger charge is 2.47. The monoisotopic (exact) mass is 490 g/mol. The number of halogens is 1. The van der Waals surface area contributed by atoms with Crippen LogP contribution >= 0.6 is 11.6 Å². The van der Waals surface area contributed by atoms with Gasteiger partial charge in [0.1, 0.15) is 11.5 Å². The van der Waals surface area contributed by atoms with Crippen molar-refractivity contribution >= 4 is 40.4 Å². The fraction of sp³-hybridized carbons (Fsp3) is 0.214. The molecule has 35 heavy (non-hydrogen) atoms. The maximum atomic E-state index is 13.3. The first-order valence-corrected chi connectivity index (χ1v) is 11.8. The zero-order valence-electron chi connectivity index (χ0n) is 19.9. The molecule has 7 heteroatoms. The Bertz CT molecular complexity index is 1260. The van der Waals surface area contributed by atoms with Crippen LogP contribution in [0.3, 0.4) is 0 Å². The SMILES string of the molecule is CCN(CC)c1ccc(C2/C(=C(/O)c3cccc(OC)c3)C(=O)C(=O)N2c2ccc(Cl)cc2)cc1. The highest BCUT2D eigenvalue weighted by atomic mass is 35.5. The molecule has 6 nitrogen and oxygen atoms in total. The van der Waals surface area contributed by atoms with Crippen LogP contribution in [0.25, 0.3) is 5.76 Å². The number of methoxy groups -OCH3 is 1. The van der Waals surface area contributed by atoms with Crippen molar-refractivity contribution in [1.82, 2.24) is 0 Å². The molecule has 3 aromatic carbocycles. The number of carbonyl (C=O) groups excluding carboxylic acids is 2. The summed E-state index contributed by atoms with van der Waals surface area (Å²) in [5.74, 6) is -1.19. The van der Waals surface area contributed by atoms with Crippen molar-refractivity contribution in [1.29, 1.82) is 0 Å². The van der Waals surface area contributed by atoms with E-state index in [0.717, 1.165) is 18.8 Å². The summed E-state index contributed by atoms with van der Waals surface area (Å²) in [6.45, 7) is 5.88. The summed E-state index contributed by atoms with van der Waals surface area (Å²) in [5.41, 5.74) is 2.67. The largest absolute Gasteiger partial charge is 0.507 e. The van der Waals surface area contributed by atoms with Gasteiger partial charge in [-0.3, -0.25) is 14.5 Å². The van der Waals surface area contributed by atoms with Crippen molar-refractivity contribution in [3.63, 3.8) is 0 Å². The molecule has 1 amide bonds. The number of anilines is 2. The van der Waals surface area contributed by atoms with E-state index in [1.807, 2.05) is 24.3 Å². The zero-order valence-corrected chi connectivity index (χ0v) is 20.6. The average molecular weight is 491 g/mol. The van der Waals surface area contributed by atoms with Gasteiger partial charge in [-0.2, -0.15) is 0 Å². The Balaban J connectivity index is 1.89. The number of aliphatic hydroxyl groups excluding tert-OH is 1. The van der Waals surface area contributed by atoms with Crippen molar-refractivity contribution in [3.8, 4) is 5.75 Å². The minimum absolute atomic E-state index is 0.0220. The summed E-state index contributed by atoms with van der Waals surface area (Å²) in [4.78, 5) is 30.2. The third-order valence-corrected chi connectivity index (χ3v) is 6.48. The lowest BCUT2D eigenvalue weighted by atomic mass is 9.94. The summed E-state index contributed by atoms with van der Waals surface area (Å²) in [7, 11) is 1.52. The van der Waals surface area contributed by atoms with E-state index >= 15 is 0 Å². The summed E-state index contributed by atoms with van der Waals surface area (Å²) >= 11 is 6.06. The van der Waals surface area contributed by atoms with Gasteiger partial charge >= 0.3 is 0 Å². The molecule has 1 unspecified atom stereocenters. The maximum Gasteiger partial charge on any atom is 0.300 e. The van der Waals surface area contributed by atoms with Gasteiger partial charge in [0.05, 0.1) is 18.7 Å². The molecule has 0 spiro atoms. The molecule has 0 radical (unpaired) electrons. The van der Waals surface area contributed by atoms with E-state index in [0.29, 0.717) is 27.6 Å². The van der Waals surface area contributed by atoms with E-state index in [1.54, 1.807) is 48.5 Å². The van der Waals surface area contributed by atoms with Gasteiger partial charge in [0, 0.05) is 35.1 Å².